The minimum atomic E-state index is -4.40. The Balaban J connectivity index is 2.44. The van der Waals surface area contributed by atoms with E-state index >= 15 is 0 Å². The fourth-order valence-corrected chi connectivity index (χ4v) is 1.02. The molecule has 7 heteroatoms. The van der Waals surface area contributed by atoms with Crippen LogP contribution < -0.4 is 0 Å². The predicted octanol–water partition coefficient (Wildman–Crippen LogP) is 2.15. The van der Waals surface area contributed by atoms with Crippen LogP contribution in [0.1, 0.15) is 5.56 Å². The molecule has 2 aromatic heterocycles. The third kappa shape index (κ3) is 1.95. The molecule has 0 atom stereocenters. The Hall–Kier alpha value is -1.92. The van der Waals surface area contributed by atoms with Crippen LogP contribution in [0.2, 0.25) is 0 Å². The van der Waals surface area contributed by atoms with Crippen molar-refractivity contribution in [3.05, 3.63) is 30.1 Å². The highest BCUT2D eigenvalue weighted by Crippen LogP contribution is 2.30. The second kappa shape index (κ2) is 3.34. The minimum Gasteiger partial charge on any atom is -0.335 e. The Morgan fingerprint density at radius 1 is 1.27 bits per heavy atom. The topological polar surface area (TPSA) is 51.8 Å². The van der Waals surface area contributed by atoms with Gasteiger partial charge in [0, 0.05) is 11.5 Å². The molecule has 0 aliphatic heterocycles. The van der Waals surface area contributed by atoms with Gasteiger partial charge in [0.2, 0.25) is 5.76 Å². The van der Waals surface area contributed by atoms with E-state index in [4.69, 9.17) is 0 Å². The van der Waals surface area contributed by atoms with Crippen LogP contribution in [-0.4, -0.2) is 15.4 Å². The summed E-state index contributed by atoms with van der Waals surface area (Å²) in [6.07, 6.45) is -2.14. The van der Waals surface area contributed by atoms with Crippen molar-refractivity contribution in [2.24, 2.45) is 0 Å². The van der Waals surface area contributed by atoms with Gasteiger partial charge in [-0.3, -0.25) is 4.98 Å². The van der Waals surface area contributed by atoms with E-state index in [1.807, 2.05) is 0 Å². The monoisotopic (exact) mass is 215 g/mol. The normalized spacial score (nSPS) is 11.7. The average molecular weight is 215 g/mol. The van der Waals surface area contributed by atoms with Crippen LogP contribution in [0.3, 0.4) is 0 Å². The van der Waals surface area contributed by atoms with E-state index in [0.717, 1.165) is 18.3 Å². The van der Waals surface area contributed by atoms with Crippen LogP contribution in [0.5, 0.6) is 0 Å². The van der Waals surface area contributed by atoms with Gasteiger partial charge in [-0.1, -0.05) is 0 Å². The van der Waals surface area contributed by atoms with Crippen molar-refractivity contribution in [3.8, 4) is 11.5 Å². The van der Waals surface area contributed by atoms with E-state index in [1.165, 1.54) is 6.20 Å². The van der Waals surface area contributed by atoms with Gasteiger partial charge in [0.15, 0.2) is 0 Å². The van der Waals surface area contributed by atoms with Crippen molar-refractivity contribution < 1.29 is 17.7 Å². The van der Waals surface area contributed by atoms with Crippen molar-refractivity contribution in [1.82, 2.24) is 15.4 Å². The molecule has 78 valence electrons. The molecular formula is C8H4F3N3O. The van der Waals surface area contributed by atoms with Gasteiger partial charge in [0.25, 0.3) is 0 Å². The number of rotatable bonds is 1. The van der Waals surface area contributed by atoms with Crippen LogP contribution in [0, 0.1) is 0 Å². The van der Waals surface area contributed by atoms with Gasteiger partial charge in [-0.05, 0) is 12.1 Å². The SMILES string of the molecule is FC(F)(F)c1ccnc(-c2cnno2)c1. The maximum Gasteiger partial charge on any atom is 0.416 e. The lowest BCUT2D eigenvalue weighted by Gasteiger charge is -2.05. The molecule has 0 N–H and O–H groups in total. The fourth-order valence-electron chi connectivity index (χ4n) is 1.02. The first-order valence-electron chi connectivity index (χ1n) is 3.88. The maximum absolute atomic E-state index is 12.3. The summed E-state index contributed by atoms with van der Waals surface area (Å²) in [5.74, 6) is 0.0982. The molecule has 0 aromatic carbocycles. The molecular weight excluding hydrogens is 211 g/mol. The zero-order valence-corrected chi connectivity index (χ0v) is 7.19. The van der Waals surface area contributed by atoms with E-state index in [2.05, 4.69) is 19.9 Å². The summed E-state index contributed by atoms with van der Waals surface area (Å²) >= 11 is 0. The molecule has 0 unspecified atom stereocenters. The number of aromatic nitrogens is 3. The molecule has 0 aliphatic carbocycles. The van der Waals surface area contributed by atoms with Crippen molar-refractivity contribution in [3.63, 3.8) is 0 Å². The third-order valence-corrected chi connectivity index (χ3v) is 1.70. The molecule has 0 radical (unpaired) electrons. The molecule has 0 amide bonds. The van der Waals surface area contributed by atoms with Gasteiger partial charge in [-0.15, -0.1) is 5.10 Å². The first kappa shape index (κ1) is 9.63. The number of hydrogen-bond acceptors (Lipinski definition) is 4. The quantitative estimate of drug-likeness (QED) is 0.731. The molecule has 0 saturated carbocycles. The van der Waals surface area contributed by atoms with E-state index < -0.39 is 11.7 Å². The van der Waals surface area contributed by atoms with Gasteiger partial charge >= 0.3 is 6.18 Å². The predicted molar refractivity (Wildman–Crippen MR) is 42.5 cm³/mol. The van der Waals surface area contributed by atoms with Crippen LogP contribution in [0.25, 0.3) is 11.5 Å². The fraction of sp³-hybridized carbons (Fsp3) is 0.125. The lowest BCUT2D eigenvalue weighted by molar-refractivity contribution is -0.137. The van der Waals surface area contributed by atoms with Gasteiger partial charge in [0.05, 0.1) is 5.56 Å². The van der Waals surface area contributed by atoms with Crippen LogP contribution in [0.4, 0.5) is 13.2 Å². The highest BCUT2D eigenvalue weighted by atomic mass is 19.4. The minimum absolute atomic E-state index is 0.0508. The Morgan fingerprint density at radius 2 is 2.07 bits per heavy atom. The zero-order chi connectivity index (χ0) is 10.9. The van der Waals surface area contributed by atoms with Crippen molar-refractivity contribution >= 4 is 0 Å². The second-order valence-corrected chi connectivity index (χ2v) is 2.71. The highest BCUT2D eigenvalue weighted by Gasteiger charge is 2.31. The van der Waals surface area contributed by atoms with E-state index in [-0.39, 0.29) is 11.5 Å². The number of pyridine rings is 1. The first-order chi connectivity index (χ1) is 7.07. The van der Waals surface area contributed by atoms with Crippen LogP contribution in [0.15, 0.2) is 29.0 Å². The summed E-state index contributed by atoms with van der Waals surface area (Å²) < 4.78 is 41.6. The van der Waals surface area contributed by atoms with Crippen LogP contribution in [-0.2, 0) is 6.18 Å². The van der Waals surface area contributed by atoms with Crippen molar-refractivity contribution in [2.45, 2.75) is 6.18 Å². The summed E-state index contributed by atoms with van der Waals surface area (Å²) in [6, 6.07) is 1.76. The lowest BCUT2D eigenvalue weighted by atomic mass is 10.2. The number of hydrogen-bond donors (Lipinski definition) is 0. The van der Waals surface area contributed by atoms with Crippen LogP contribution >= 0.6 is 0 Å². The Bertz CT molecular complexity index is 452. The average Bonchev–Trinajstić information content (AvgIpc) is 2.69. The Kier molecular flexibility index (Phi) is 2.14. The summed E-state index contributed by atoms with van der Waals surface area (Å²) in [7, 11) is 0. The molecule has 0 fully saturated rings. The van der Waals surface area contributed by atoms with Gasteiger partial charge in [-0.25, -0.2) is 0 Å². The van der Waals surface area contributed by atoms with Crippen molar-refractivity contribution in [2.75, 3.05) is 0 Å². The van der Waals surface area contributed by atoms with E-state index in [1.54, 1.807) is 0 Å². The van der Waals surface area contributed by atoms with Gasteiger partial charge < -0.3 is 4.52 Å². The summed E-state index contributed by atoms with van der Waals surface area (Å²) in [6.45, 7) is 0. The third-order valence-electron chi connectivity index (χ3n) is 1.70. The molecule has 2 heterocycles. The second-order valence-electron chi connectivity index (χ2n) is 2.71. The molecule has 0 saturated heterocycles. The summed E-state index contributed by atoms with van der Waals surface area (Å²) in [5.41, 5.74) is -0.737. The number of nitrogens with zero attached hydrogens (tertiary/aromatic N) is 3. The Morgan fingerprint density at radius 3 is 2.67 bits per heavy atom. The van der Waals surface area contributed by atoms with Gasteiger partial charge in [-0.2, -0.15) is 13.2 Å². The number of alkyl halides is 3. The molecule has 4 nitrogen and oxygen atoms in total. The molecule has 15 heavy (non-hydrogen) atoms. The lowest BCUT2D eigenvalue weighted by Crippen LogP contribution is -2.05. The highest BCUT2D eigenvalue weighted by molar-refractivity contribution is 5.51. The van der Waals surface area contributed by atoms with E-state index in [0.29, 0.717) is 0 Å². The molecule has 0 spiro atoms. The molecule has 0 aliphatic rings. The molecule has 2 rings (SSSR count). The zero-order valence-electron chi connectivity index (χ0n) is 7.19. The van der Waals surface area contributed by atoms with E-state index in [9.17, 15) is 13.2 Å². The summed E-state index contributed by atoms with van der Waals surface area (Å²) in [5, 5.41) is 6.50. The maximum atomic E-state index is 12.3. The van der Waals surface area contributed by atoms with Crippen molar-refractivity contribution in [1.29, 1.82) is 0 Å². The number of halogens is 3. The van der Waals surface area contributed by atoms with Gasteiger partial charge in [0.1, 0.15) is 11.9 Å². The largest absolute Gasteiger partial charge is 0.416 e. The first-order valence-corrected chi connectivity index (χ1v) is 3.88. The Labute approximate surface area is 81.7 Å². The molecule has 0 bridgehead atoms. The summed E-state index contributed by atoms with van der Waals surface area (Å²) in [4.78, 5) is 3.72. The molecule has 2 aromatic rings. The smallest absolute Gasteiger partial charge is 0.335 e. The standard InChI is InChI=1S/C8H4F3N3O/c9-8(10,11)5-1-2-12-6(3-5)7-4-13-14-15-7/h1-4H.